The molecular weight excluding hydrogens is 376 g/mol. The van der Waals surface area contributed by atoms with Crippen LogP contribution in [0.2, 0.25) is 0 Å². The monoisotopic (exact) mass is 428 g/mol. The van der Waals surface area contributed by atoms with Crippen molar-refractivity contribution in [3.63, 3.8) is 0 Å². The maximum Gasteiger partial charge on any atom is 0.0594 e. The van der Waals surface area contributed by atoms with Crippen LogP contribution in [0, 0.1) is 56.7 Å². The number of aliphatic hydroxyl groups excluding tert-OH is 1. The van der Waals surface area contributed by atoms with Crippen LogP contribution in [0.5, 0.6) is 0 Å². The zero-order chi connectivity index (χ0) is 22.4. The third-order valence-corrected chi connectivity index (χ3v) is 13.3. The predicted molar refractivity (Wildman–Crippen MR) is 131 cm³/mol. The van der Waals surface area contributed by atoms with Gasteiger partial charge in [0.15, 0.2) is 0 Å². The van der Waals surface area contributed by atoms with Crippen molar-refractivity contribution in [3.8, 4) is 0 Å². The Morgan fingerprint density at radius 1 is 0.742 bits per heavy atom. The lowest BCUT2D eigenvalue weighted by molar-refractivity contribution is -0.161. The Morgan fingerprint density at radius 3 is 2.13 bits per heavy atom. The van der Waals surface area contributed by atoms with Crippen LogP contribution >= 0.6 is 0 Å². The van der Waals surface area contributed by atoms with E-state index in [0.717, 1.165) is 36.0 Å². The summed E-state index contributed by atoms with van der Waals surface area (Å²) in [6.07, 6.45) is 16.9. The minimum absolute atomic E-state index is 0.0793. The van der Waals surface area contributed by atoms with Crippen molar-refractivity contribution in [1.82, 2.24) is 0 Å². The fourth-order valence-corrected chi connectivity index (χ4v) is 11.3. The zero-order valence-corrected chi connectivity index (χ0v) is 21.9. The van der Waals surface area contributed by atoms with Gasteiger partial charge in [0.1, 0.15) is 0 Å². The van der Waals surface area contributed by atoms with Gasteiger partial charge in [0.2, 0.25) is 0 Å². The van der Waals surface area contributed by atoms with Gasteiger partial charge in [-0.25, -0.2) is 0 Å². The highest BCUT2D eigenvalue weighted by molar-refractivity contribution is 5.30. The normalized spacial score (nSPS) is 53.3. The number of rotatable bonds is 5. The second-order valence-corrected chi connectivity index (χ2v) is 14.8. The lowest BCUT2D eigenvalue weighted by Gasteiger charge is -2.63. The van der Waals surface area contributed by atoms with Gasteiger partial charge in [-0.1, -0.05) is 67.7 Å². The smallest absolute Gasteiger partial charge is 0.0594 e. The van der Waals surface area contributed by atoms with Gasteiger partial charge >= 0.3 is 0 Å². The van der Waals surface area contributed by atoms with Crippen LogP contribution in [-0.2, 0) is 0 Å². The summed E-state index contributed by atoms with van der Waals surface area (Å²) in [5.41, 5.74) is 2.45. The molecule has 178 valence electrons. The summed E-state index contributed by atoms with van der Waals surface area (Å²) in [5, 5.41) is 10.8. The van der Waals surface area contributed by atoms with Gasteiger partial charge in [0, 0.05) is 0 Å². The van der Waals surface area contributed by atoms with E-state index < -0.39 is 0 Å². The molecule has 5 rings (SSSR count). The van der Waals surface area contributed by atoms with Crippen LogP contribution < -0.4 is 0 Å². The lowest BCUT2D eigenvalue weighted by Crippen LogP contribution is -2.57. The molecule has 5 aliphatic rings. The Balaban J connectivity index is 1.39. The van der Waals surface area contributed by atoms with Crippen LogP contribution in [0.3, 0.4) is 0 Å². The Kier molecular flexibility index (Phi) is 5.13. The second kappa shape index (κ2) is 6.99. The van der Waals surface area contributed by atoms with Gasteiger partial charge in [-0.3, -0.25) is 0 Å². The van der Waals surface area contributed by atoms with Crippen LogP contribution in [0.1, 0.15) is 126 Å². The molecule has 31 heavy (non-hydrogen) atoms. The van der Waals surface area contributed by atoms with Crippen molar-refractivity contribution >= 4 is 0 Å². The van der Waals surface area contributed by atoms with Crippen molar-refractivity contribution in [2.24, 2.45) is 56.7 Å². The molecule has 5 saturated carbocycles. The van der Waals surface area contributed by atoms with E-state index in [4.69, 9.17) is 0 Å². The molecule has 9 atom stereocenters. The van der Waals surface area contributed by atoms with E-state index >= 15 is 0 Å². The summed E-state index contributed by atoms with van der Waals surface area (Å²) in [6, 6.07) is 0. The highest BCUT2D eigenvalue weighted by Gasteiger charge is 2.82. The second-order valence-electron chi connectivity index (χ2n) is 14.8. The minimum atomic E-state index is -0.0793. The highest BCUT2D eigenvalue weighted by atomic mass is 16.3. The molecule has 0 aromatic carbocycles. The van der Waals surface area contributed by atoms with E-state index in [0.29, 0.717) is 21.7 Å². The van der Waals surface area contributed by atoms with E-state index in [1.54, 1.807) is 0 Å². The molecule has 0 aromatic rings. The molecule has 5 aliphatic carbocycles. The van der Waals surface area contributed by atoms with Gasteiger partial charge in [-0.05, 0) is 114 Å². The summed E-state index contributed by atoms with van der Waals surface area (Å²) in [6.45, 7) is 17.7. The van der Waals surface area contributed by atoms with Crippen molar-refractivity contribution in [3.05, 3.63) is 0 Å². The molecular formula is C30H52O. The standard InChI is InChI=1S/C30H52O/c1-20(2)9-8-10-21(3)22-13-15-28(7)24-12-11-23-26(4,5)25(31)14-16-29(23)19-30(24,29)18-17-27(22,28)6/h20-25,31H,8-19H2,1-7H3/t21-,22-,23+,24-,25+,27-,28+,29-,30+/m1/s1. The third kappa shape index (κ3) is 2.77. The van der Waals surface area contributed by atoms with Gasteiger partial charge in [0.25, 0.3) is 0 Å². The van der Waals surface area contributed by atoms with Crippen LogP contribution in [0.4, 0.5) is 0 Å². The van der Waals surface area contributed by atoms with E-state index in [1.165, 1.54) is 70.6 Å². The van der Waals surface area contributed by atoms with Crippen molar-refractivity contribution < 1.29 is 5.11 Å². The van der Waals surface area contributed by atoms with E-state index in [-0.39, 0.29) is 11.5 Å². The molecule has 0 bridgehead atoms. The SMILES string of the molecule is CC(C)CCC[C@@H](C)[C@H]1CC[C@@]2(C)[C@H]3CC[C@H]4C(C)(C)[C@@H](O)CC[C@@]45C[C@@]35CC[C@]12C. The first-order valence-corrected chi connectivity index (χ1v) is 14.1. The number of fused-ring (bicyclic) bond motifs is 2. The molecule has 0 radical (unpaired) electrons. The quantitative estimate of drug-likeness (QED) is 0.467. The van der Waals surface area contributed by atoms with Crippen LogP contribution in [0.15, 0.2) is 0 Å². The van der Waals surface area contributed by atoms with Crippen molar-refractivity contribution in [1.29, 1.82) is 0 Å². The lowest BCUT2D eigenvalue weighted by atomic mass is 9.41. The average Bonchev–Trinajstić information content (AvgIpc) is 3.27. The first-order chi connectivity index (χ1) is 14.4. The molecule has 0 aliphatic heterocycles. The van der Waals surface area contributed by atoms with Gasteiger partial charge < -0.3 is 5.11 Å². The maximum absolute atomic E-state index is 10.8. The molecule has 0 amide bonds. The average molecular weight is 429 g/mol. The van der Waals surface area contributed by atoms with Crippen molar-refractivity contribution in [2.45, 2.75) is 132 Å². The number of aliphatic hydroxyl groups is 1. The molecule has 0 aromatic heterocycles. The Labute approximate surface area is 193 Å². The van der Waals surface area contributed by atoms with Crippen LogP contribution in [0.25, 0.3) is 0 Å². The van der Waals surface area contributed by atoms with E-state index in [9.17, 15) is 5.11 Å². The van der Waals surface area contributed by atoms with Gasteiger partial charge in [0.05, 0.1) is 6.10 Å². The summed E-state index contributed by atoms with van der Waals surface area (Å²) in [4.78, 5) is 0. The van der Waals surface area contributed by atoms with E-state index in [1.807, 2.05) is 0 Å². The molecule has 1 heteroatoms. The summed E-state index contributed by atoms with van der Waals surface area (Å²) in [5.74, 6) is 4.41. The highest BCUT2D eigenvalue weighted by Crippen LogP contribution is 2.89. The summed E-state index contributed by atoms with van der Waals surface area (Å²) < 4.78 is 0. The Hall–Kier alpha value is -0.0400. The molecule has 0 saturated heterocycles. The summed E-state index contributed by atoms with van der Waals surface area (Å²) in [7, 11) is 0. The van der Waals surface area contributed by atoms with Crippen molar-refractivity contribution in [2.75, 3.05) is 0 Å². The van der Waals surface area contributed by atoms with Gasteiger partial charge in [-0.2, -0.15) is 0 Å². The molecule has 1 N–H and O–H groups in total. The predicted octanol–water partition coefficient (Wildman–Crippen LogP) is 8.25. The molecule has 2 spiro atoms. The zero-order valence-electron chi connectivity index (χ0n) is 21.9. The first kappa shape index (κ1) is 22.7. The molecule has 1 nitrogen and oxygen atoms in total. The molecule has 0 heterocycles. The molecule has 5 fully saturated rings. The number of hydrogen-bond acceptors (Lipinski definition) is 1. The number of hydrogen-bond donors (Lipinski definition) is 1. The van der Waals surface area contributed by atoms with Crippen LogP contribution in [-0.4, -0.2) is 11.2 Å². The third-order valence-electron chi connectivity index (χ3n) is 13.3. The fourth-order valence-electron chi connectivity index (χ4n) is 11.3. The minimum Gasteiger partial charge on any atom is -0.393 e. The summed E-state index contributed by atoms with van der Waals surface area (Å²) >= 11 is 0. The Morgan fingerprint density at radius 2 is 1.42 bits per heavy atom. The molecule has 0 unspecified atom stereocenters. The van der Waals surface area contributed by atoms with E-state index in [2.05, 4.69) is 48.5 Å². The Bertz CT molecular complexity index is 709. The first-order valence-electron chi connectivity index (χ1n) is 14.1. The van der Waals surface area contributed by atoms with Gasteiger partial charge in [-0.15, -0.1) is 0 Å². The topological polar surface area (TPSA) is 20.2 Å². The largest absolute Gasteiger partial charge is 0.393 e. The fraction of sp³-hybridized carbons (Fsp3) is 1.00. The maximum atomic E-state index is 10.8.